The van der Waals surface area contributed by atoms with E-state index in [0.29, 0.717) is 5.41 Å². The summed E-state index contributed by atoms with van der Waals surface area (Å²) >= 11 is 2.11. The zero-order valence-corrected chi connectivity index (χ0v) is 18.1. The number of hydrogen-bond donors (Lipinski definition) is 1. The highest BCUT2D eigenvalue weighted by Crippen LogP contribution is 2.40. The summed E-state index contributed by atoms with van der Waals surface area (Å²) in [7, 11) is 3.73. The van der Waals surface area contributed by atoms with Gasteiger partial charge in [-0.2, -0.15) is 11.8 Å². The molecule has 23 heavy (non-hydrogen) atoms. The normalized spacial score (nSPS) is 24.4. The molecule has 0 radical (unpaired) electrons. The lowest BCUT2D eigenvalue weighted by Gasteiger charge is -2.36. The van der Waals surface area contributed by atoms with Gasteiger partial charge in [0, 0.05) is 51.4 Å². The molecule has 1 saturated carbocycles. The van der Waals surface area contributed by atoms with Crippen LogP contribution < -0.4 is 5.32 Å². The van der Waals surface area contributed by atoms with Crippen molar-refractivity contribution in [1.29, 1.82) is 0 Å². The predicted molar refractivity (Wildman–Crippen MR) is 112 cm³/mol. The number of guanidine groups is 1. The number of nitrogens with one attached hydrogen (secondary N) is 1. The fourth-order valence-electron chi connectivity index (χ4n) is 3.72. The molecule has 2 fully saturated rings. The third kappa shape index (κ3) is 6.27. The average Bonchev–Trinajstić information content (AvgIpc) is 3.03. The molecule has 1 saturated heterocycles. The third-order valence-electron chi connectivity index (χ3n) is 5.23. The van der Waals surface area contributed by atoms with Crippen molar-refractivity contribution in [1.82, 2.24) is 10.2 Å². The van der Waals surface area contributed by atoms with E-state index in [4.69, 9.17) is 4.74 Å². The van der Waals surface area contributed by atoms with Crippen LogP contribution in [-0.4, -0.2) is 62.3 Å². The van der Waals surface area contributed by atoms with Crippen molar-refractivity contribution >= 4 is 41.7 Å². The summed E-state index contributed by atoms with van der Waals surface area (Å²) < 4.78 is 5.34. The van der Waals surface area contributed by atoms with Gasteiger partial charge < -0.3 is 15.0 Å². The van der Waals surface area contributed by atoms with E-state index >= 15 is 0 Å². The first-order valence-electron chi connectivity index (χ1n) is 8.79. The molecule has 0 bridgehead atoms. The average molecular weight is 455 g/mol. The van der Waals surface area contributed by atoms with Crippen molar-refractivity contribution in [3.8, 4) is 0 Å². The SMILES string of the molecule is CCC1CN(C(=NC)NCC2(CCOC)CCCC2)CCS1.I. The minimum absolute atomic E-state index is 0. The van der Waals surface area contributed by atoms with Gasteiger partial charge in [-0.25, -0.2) is 0 Å². The molecule has 4 nitrogen and oxygen atoms in total. The van der Waals surface area contributed by atoms with Crippen LogP contribution in [0.25, 0.3) is 0 Å². The third-order valence-corrected chi connectivity index (χ3v) is 6.60. The maximum Gasteiger partial charge on any atom is 0.193 e. The summed E-state index contributed by atoms with van der Waals surface area (Å²) in [6.07, 6.45) is 7.79. The summed E-state index contributed by atoms with van der Waals surface area (Å²) in [5, 5.41) is 4.44. The zero-order valence-electron chi connectivity index (χ0n) is 15.0. The van der Waals surface area contributed by atoms with Gasteiger partial charge in [0.25, 0.3) is 0 Å². The maximum absolute atomic E-state index is 5.34. The van der Waals surface area contributed by atoms with E-state index in [2.05, 4.69) is 33.9 Å². The van der Waals surface area contributed by atoms with Gasteiger partial charge in [0.2, 0.25) is 0 Å². The number of aliphatic imine (C=N–C) groups is 1. The van der Waals surface area contributed by atoms with E-state index in [-0.39, 0.29) is 24.0 Å². The molecule has 1 atom stereocenters. The van der Waals surface area contributed by atoms with Crippen molar-refractivity contribution in [3.05, 3.63) is 0 Å². The predicted octanol–water partition coefficient (Wildman–Crippen LogP) is 3.60. The van der Waals surface area contributed by atoms with Crippen LogP contribution in [0.2, 0.25) is 0 Å². The Morgan fingerprint density at radius 3 is 2.74 bits per heavy atom. The van der Waals surface area contributed by atoms with E-state index in [0.717, 1.165) is 37.5 Å². The molecule has 136 valence electrons. The summed E-state index contributed by atoms with van der Waals surface area (Å²) in [5.41, 5.74) is 0.417. The van der Waals surface area contributed by atoms with E-state index in [1.165, 1.54) is 44.3 Å². The highest BCUT2D eigenvalue weighted by molar-refractivity contribution is 14.0. The molecule has 0 aromatic carbocycles. The topological polar surface area (TPSA) is 36.9 Å². The molecule has 1 N–H and O–H groups in total. The Balaban J connectivity index is 0.00000264. The molecule has 0 aromatic rings. The maximum atomic E-state index is 5.34. The molecule has 0 spiro atoms. The molecule has 1 aliphatic heterocycles. The molecule has 1 aliphatic carbocycles. The standard InChI is InChI=1S/C17H33N3OS.HI/c1-4-15-13-20(10-12-22-15)16(18-2)19-14-17(9-11-21-3)7-5-6-8-17;/h15H,4-14H2,1-3H3,(H,18,19);1H. The van der Waals surface area contributed by atoms with Gasteiger partial charge in [-0.15, -0.1) is 24.0 Å². The number of hydrogen-bond acceptors (Lipinski definition) is 3. The minimum Gasteiger partial charge on any atom is -0.385 e. The monoisotopic (exact) mass is 455 g/mol. The zero-order chi connectivity index (χ0) is 15.8. The second-order valence-corrected chi connectivity index (χ2v) is 8.11. The molecule has 6 heteroatoms. The Labute approximate surface area is 163 Å². The molecule has 1 unspecified atom stereocenters. The van der Waals surface area contributed by atoms with Crippen LogP contribution in [0, 0.1) is 5.41 Å². The Morgan fingerprint density at radius 2 is 2.13 bits per heavy atom. The van der Waals surface area contributed by atoms with Gasteiger partial charge in [-0.3, -0.25) is 4.99 Å². The molecule has 0 aromatic heterocycles. The quantitative estimate of drug-likeness (QED) is 0.377. The minimum atomic E-state index is 0. The van der Waals surface area contributed by atoms with Gasteiger partial charge in [0.05, 0.1) is 0 Å². The Kier molecular flexibility index (Phi) is 10.2. The van der Waals surface area contributed by atoms with Gasteiger partial charge in [-0.1, -0.05) is 19.8 Å². The lowest BCUT2D eigenvalue weighted by Crippen LogP contribution is -2.50. The molecule has 0 amide bonds. The highest BCUT2D eigenvalue weighted by Gasteiger charge is 2.34. The van der Waals surface area contributed by atoms with Gasteiger partial charge >= 0.3 is 0 Å². The van der Waals surface area contributed by atoms with Crippen molar-refractivity contribution in [2.75, 3.05) is 46.2 Å². The summed E-state index contributed by atoms with van der Waals surface area (Å²) in [6.45, 7) is 6.45. The van der Waals surface area contributed by atoms with Crippen LogP contribution in [0.4, 0.5) is 0 Å². The smallest absolute Gasteiger partial charge is 0.193 e. The number of nitrogens with zero attached hydrogens (tertiary/aromatic N) is 2. The van der Waals surface area contributed by atoms with Crippen LogP contribution >= 0.6 is 35.7 Å². The fraction of sp³-hybridized carbons (Fsp3) is 0.941. The van der Waals surface area contributed by atoms with Crippen molar-refractivity contribution < 1.29 is 4.74 Å². The highest BCUT2D eigenvalue weighted by atomic mass is 127. The Hall–Kier alpha value is 0.310. The molecular weight excluding hydrogens is 421 g/mol. The van der Waals surface area contributed by atoms with E-state index in [1.54, 1.807) is 0 Å². The second kappa shape index (κ2) is 11.0. The van der Waals surface area contributed by atoms with Crippen molar-refractivity contribution in [2.24, 2.45) is 10.4 Å². The van der Waals surface area contributed by atoms with Crippen LogP contribution in [0.1, 0.15) is 45.4 Å². The second-order valence-electron chi connectivity index (χ2n) is 6.70. The Bertz CT molecular complexity index is 362. The molecule has 2 aliphatic rings. The number of ether oxygens (including phenoxy) is 1. The van der Waals surface area contributed by atoms with Crippen LogP contribution in [0.5, 0.6) is 0 Å². The number of thioether (sulfide) groups is 1. The van der Waals surface area contributed by atoms with E-state index in [9.17, 15) is 0 Å². The van der Waals surface area contributed by atoms with E-state index in [1.807, 2.05) is 14.2 Å². The lowest BCUT2D eigenvalue weighted by atomic mass is 9.83. The first kappa shape index (κ1) is 21.4. The largest absolute Gasteiger partial charge is 0.385 e. The molecular formula is C17H34IN3OS. The lowest BCUT2D eigenvalue weighted by molar-refractivity contribution is 0.137. The van der Waals surface area contributed by atoms with Crippen molar-refractivity contribution in [2.45, 2.75) is 50.7 Å². The molecule has 1 heterocycles. The van der Waals surface area contributed by atoms with Crippen molar-refractivity contribution in [3.63, 3.8) is 0 Å². The van der Waals surface area contributed by atoms with Gasteiger partial charge in [-0.05, 0) is 31.1 Å². The Morgan fingerprint density at radius 1 is 1.39 bits per heavy atom. The summed E-state index contributed by atoms with van der Waals surface area (Å²) in [5.74, 6) is 2.32. The summed E-state index contributed by atoms with van der Waals surface area (Å²) in [6, 6.07) is 0. The fourth-order valence-corrected chi connectivity index (χ4v) is 4.90. The van der Waals surface area contributed by atoms with Gasteiger partial charge in [0.15, 0.2) is 5.96 Å². The van der Waals surface area contributed by atoms with E-state index < -0.39 is 0 Å². The number of rotatable bonds is 6. The van der Waals surface area contributed by atoms with Crippen LogP contribution in [0.3, 0.4) is 0 Å². The van der Waals surface area contributed by atoms with Gasteiger partial charge in [0.1, 0.15) is 0 Å². The van der Waals surface area contributed by atoms with Crippen LogP contribution in [0.15, 0.2) is 4.99 Å². The number of halogens is 1. The summed E-state index contributed by atoms with van der Waals surface area (Å²) in [4.78, 5) is 6.99. The number of methoxy groups -OCH3 is 1. The first-order valence-corrected chi connectivity index (χ1v) is 9.84. The van der Waals surface area contributed by atoms with Crippen LogP contribution in [-0.2, 0) is 4.74 Å². The molecule has 2 rings (SSSR count). The first-order chi connectivity index (χ1) is 10.7.